The molecule has 0 aliphatic carbocycles. The first-order valence-electron chi connectivity index (χ1n) is 24.5. The van der Waals surface area contributed by atoms with Crippen molar-refractivity contribution in [2.75, 3.05) is 4.90 Å². The molecule has 2 nitrogen and oxygen atoms in total. The number of hydrogen-bond acceptors (Lipinski definition) is 2. The summed E-state index contributed by atoms with van der Waals surface area (Å²) in [5.74, 6) is 0. The molecule has 330 valence electrons. The smallest absolute Gasteiger partial charge is 0.0702 e. The predicted octanol–water partition coefficient (Wildman–Crippen LogP) is 19.3. The second-order valence-electron chi connectivity index (χ2n) is 18.6. The molecule has 0 bridgehead atoms. The normalized spacial score (nSPS) is 12.1. The highest BCUT2D eigenvalue weighted by Crippen LogP contribution is 2.41. The van der Waals surface area contributed by atoms with Crippen LogP contribution in [0.2, 0.25) is 0 Å². The van der Waals surface area contributed by atoms with Gasteiger partial charge in [-0.2, -0.15) is 0 Å². The molecule has 0 amide bonds. The number of hydrogen-bond donors (Lipinski definition) is 0. The molecule has 0 radical (unpaired) electrons. The molecule has 0 spiro atoms. The van der Waals surface area contributed by atoms with Crippen LogP contribution in [0.1, 0.15) is 50.7 Å². The van der Waals surface area contributed by atoms with Gasteiger partial charge >= 0.3 is 0 Å². The molecule has 2 heteroatoms. The Morgan fingerprint density at radius 3 is 1.26 bits per heavy atom. The van der Waals surface area contributed by atoms with Crippen molar-refractivity contribution >= 4 is 93.0 Å². The summed E-state index contributed by atoms with van der Waals surface area (Å²) in [4.78, 5) is 7.29. The van der Waals surface area contributed by atoms with E-state index in [2.05, 4.69) is 249 Å². The summed E-state index contributed by atoms with van der Waals surface area (Å²) in [5, 5.41) is 13.7. The lowest BCUT2D eigenvalue weighted by molar-refractivity contribution is 0.944. The number of para-hydroxylation sites is 1. The SMILES string of the molecule is CCC/C(=C(/CCC)c1cnc2ccccc2c1)c1ccc2cc(N(c3ccc(-c4ccc5cc6ccccc6cc5c4)cc3)c3ccc(-c4ccc5cc6ccccc6cc5c4)cc3)ccc2c1. The van der Waals surface area contributed by atoms with Crippen molar-refractivity contribution in [3.8, 4) is 22.3 Å². The molecule has 69 heavy (non-hydrogen) atoms. The molecular formula is C67H52N2. The number of nitrogens with zero attached hydrogens (tertiary/aromatic N) is 2. The van der Waals surface area contributed by atoms with Crippen molar-refractivity contribution < 1.29 is 0 Å². The fraction of sp³-hybridized carbons (Fsp3) is 0.0896. The van der Waals surface area contributed by atoms with E-state index >= 15 is 0 Å². The van der Waals surface area contributed by atoms with Crippen LogP contribution in [0.5, 0.6) is 0 Å². The lowest BCUT2D eigenvalue weighted by Crippen LogP contribution is -2.09. The monoisotopic (exact) mass is 884 g/mol. The molecule has 12 rings (SSSR count). The van der Waals surface area contributed by atoms with E-state index in [1.165, 1.54) is 104 Å². The molecule has 0 saturated carbocycles. The van der Waals surface area contributed by atoms with Crippen LogP contribution < -0.4 is 4.90 Å². The Labute approximate surface area is 404 Å². The highest BCUT2D eigenvalue weighted by Gasteiger charge is 2.17. The maximum absolute atomic E-state index is 4.89. The first-order valence-corrected chi connectivity index (χ1v) is 24.5. The first-order chi connectivity index (χ1) is 34.0. The van der Waals surface area contributed by atoms with E-state index < -0.39 is 0 Å². The third-order valence-electron chi connectivity index (χ3n) is 14.1. The molecule has 0 atom stereocenters. The lowest BCUT2D eigenvalue weighted by Gasteiger charge is -2.26. The van der Waals surface area contributed by atoms with Gasteiger partial charge in [-0.25, -0.2) is 0 Å². The Morgan fingerprint density at radius 1 is 0.319 bits per heavy atom. The average Bonchev–Trinajstić information content (AvgIpc) is 3.40. The van der Waals surface area contributed by atoms with E-state index in [4.69, 9.17) is 4.98 Å². The van der Waals surface area contributed by atoms with Gasteiger partial charge in [-0.3, -0.25) is 4.98 Å². The van der Waals surface area contributed by atoms with E-state index in [0.29, 0.717) is 0 Å². The zero-order valence-electron chi connectivity index (χ0n) is 39.2. The molecule has 11 aromatic carbocycles. The number of allylic oxidation sites excluding steroid dienone is 2. The maximum Gasteiger partial charge on any atom is 0.0702 e. The summed E-state index contributed by atoms with van der Waals surface area (Å²) >= 11 is 0. The molecule has 0 fully saturated rings. The van der Waals surface area contributed by atoms with E-state index in [0.717, 1.165) is 48.3 Å². The second-order valence-corrected chi connectivity index (χ2v) is 18.6. The van der Waals surface area contributed by atoms with Crippen LogP contribution in [-0.2, 0) is 0 Å². The van der Waals surface area contributed by atoms with Crippen LogP contribution >= 0.6 is 0 Å². The summed E-state index contributed by atoms with van der Waals surface area (Å²) in [6.07, 6.45) is 6.25. The number of pyridine rings is 1. The number of benzene rings is 11. The highest BCUT2D eigenvalue weighted by molar-refractivity contribution is 6.02. The van der Waals surface area contributed by atoms with Crippen LogP contribution in [0.4, 0.5) is 17.1 Å². The summed E-state index contributed by atoms with van der Waals surface area (Å²) in [6, 6.07) is 83.0. The van der Waals surface area contributed by atoms with E-state index in [9.17, 15) is 0 Å². The minimum absolute atomic E-state index is 1.01. The maximum atomic E-state index is 4.89. The van der Waals surface area contributed by atoms with Crippen molar-refractivity contribution in [1.29, 1.82) is 0 Å². The number of anilines is 3. The number of fused-ring (bicyclic) bond motifs is 6. The van der Waals surface area contributed by atoms with E-state index in [1.807, 2.05) is 0 Å². The number of rotatable bonds is 11. The van der Waals surface area contributed by atoms with Crippen molar-refractivity contribution in [1.82, 2.24) is 4.98 Å². The second kappa shape index (κ2) is 18.1. The van der Waals surface area contributed by atoms with Crippen LogP contribution in [0.3, 0.4) is 0 Å². The van der Waals surface area contributed by atoms with Gasteiger partial charge in [0.1, 0.15) is 0 Å². The van der Waals surface area contributed by atoms with Gasteiger partial charge in [0.15, 0.2) is 0 Å². The van der Waals surface area contributed by atoms with Gasteiger partial charge in [0.2, 0.25) is 0 Å². The molecule has 0 N–H and O–H groups in total. The molecule has 1 heterocycles. The summed E-state index contributed by atoms with van der Waals surface area (Å²) in [6.45, 7) is 4.57. The third kappa shape index (κ3) is 8.19. The van der Waals surface area contributed by atoms with Gasteiger partial charge in [-0.1, -0.05) is 160 Å². The van der Waals surface area contributed by atoms with Crippen LogP contribution in [0.25, 0.3) is 98.2 Å². The standard InChI is InChI=1S/C67H52N2/c1-3-11-65(66(12-4-2)61-42-58-17-9-10-18-67(58)68-44-61)57-24-23-56-43-64(34-29-53(56)37-57)69(62-30-25-45(26-31-62)51-19-21-54-35-47-13-5-7-15-49(47)38-59(54)40-51)63-32-27-46(28-33-63)52-20-22-55-36-48-14-6-8-16-50(48)39-60(55)41-52/h5-10,13-44H,3-4,11-12H2,1-2H3/b66-65+. The quantitative estimate of drug-likeness (QED) is 0.120. The van der Waals surface area contributed by atoms with Crippen LogP contribution in [0.15, 0.2) is 231 Å². The zero-order valence-corrected chi connectivity index (χ0v) is 39.2. The first kappa shape index (κ1) is 42.1. The Morgan fingerprint density at radius 2 is 0.710 bits per heavy atom. The average molecular weight is 885 g/mol. The van der Waals surface area contributed by atoms with Crippen molar-refractivity contribution in [3.05, 3.63) is 242 Å². The topological polar surface area (TPSA) is 16.1 Å². The largest absolute Gasteiger partial charge is 0.310 e. The Balaban J connectivity index is 0.925. The molecule has 12 aromatic rings. The molecular weight excluding hydrogens is 833 g/mol. The lowest BCUT2D eigenvalue weighted by atomic mass is 9.88. The fourth-order valence-corrected chi connectivity index (χ4v) is 10.5. The Kier molecular flexibility index (Phi) is 11.0. The predicted molar refractivity (Wildman–Crippen MR) is 298 cm³/mol. The fourth-order valence-electron chi connectivity index (χ4n) is 10.5. The zero-order chi connectivity index (χ0) is 46.3. The molecule has 0 unspecified atom stereocenters. The molecule has 0 aliphatic heterocycles. The molecule has 0 saturated heterocycles. The van der Waals surface area contributed by atoms with Gasteiger partial charge in [0.25, 0.3) is 0 Å². The minimum atomic E-state index is 1.01. The number of aromatic nitrogens is 1. The van der Waals surface area contributed by atoms with Crippen molar-refractivity contribution in [2.24, 2.45) is 0 Å². The summed E-state index contributed by atoms with van der Waals surface area (Å²) in [7, 11) is 0. The van der Waals surface area contributed by atoms with Gasteiger partial charge in [-0.15, -0.1) is 0 Å². The third-order valence-corrected chi connectivity index (χ3v) is 14.1. The molecule has 0 aliphatic rings. The summed E-state index contributed by atoms with van der Waals surface area (Å²) < 4.78 is 0. The van der Waals surface area contributed by atoms with E-state index in [1.54, 1.807) is 0 Å². The van der Waals surface area contributed by atoms with Gasteiger partial charge in [0.05, 0.1) is 5.52 Å². The van der Waals surface area contributed by atoms with Crippen molar-refractivity contribution in [3.63, 3.8) is 0 Å². The van der Waals surface area contributed by atoms with Gasteiger partial charge in [-0.05, 0) is 202 Å². The van der Waals surface area contributed by atoms with Gasteiger partial charge < -0.3 is 4.90 Å². The molecule has 1 aromatic heterocycles. The minimum Gasteiger partial charge on any atom is -0.310 e. The summed E-state index contributed by atoms with van der Waals surface area (Å²) in [5.41, 5.74) is 14.5. The van der Waals surface area contributed by atoms with Crippen molar-refractivity contribution in [2.45, 2.75) is 39.5 Å². The van der Waals surface area contributed by atoms with E-state index in [-0.39, 0.29) is 0 Å². The van der Waals surface area contributed by atoms with Crippen LogP contribution in [0, 0.1) is 0 Å². The Hall–Kier alpha value is -8.33. The van der Waals surface area contributed by atoms with Gasteiger partial charge in [0, 0.05) is 28.6 Å². The Bertz CT molecular complexity index is 3750. The van der Waals surface area contributed by atoms with Crippen LogP contribution in [-0.4, -0.2) is 4.98 Å². The highest BCUT2D eigenvalue weighted by atomic mass is 15.1.